The smallest absolute Gasteiger partial charge is 0.295 e. The van der Waals surface area contributed by atoms with Gasteiger partial charge in [-0.05, 0) is 45.7 Å². The van der Waals surface area contributed by atoms with E-state index in [0.29, 0.717) is 30.3 Å². The number of aromatic nitrogens is 4. The number of hydrogen-bond acceptors (Lipinski definition) is 5. The Morgan fingerprint density at radius 1 is 0.971 bits per heavy atom. The Morgan fingerprint density at radius 2 is 1.65 bits per heavy atom. The Kier molecular flexibility index (Phi) is 6.25. The summed E-state index contributed by atoms with van der Waals surface area (Å²) < 4.78 is 3.11. The van der Waals surface area contributed by atoms with Crippen molar-refractivity contribution < 1.29 is 4.79 Å². The molecule has 34 heavy (non-hydrogen) atoms. The lowest BCUT2D eigenvalue weighted by Gasteiger charge is -2.41. The number of carbonyl (C=O) groups is 1. The fourth-order valence-corrected chi connectivity index (χ4v) is 5.66. The van der Waals surface area contributed by atoms with E-state index in [2.05, 4.69) is 15.1 Å². The summed E-state index contributed by atoms with van der Waals surface area (Å²) in [5.74, 6) is -0.0455. The van der Waals surface area contributed by atoms with E-state index in [1.807, 2.05) is 49.1 Å². The van der Waals surface area contributed by atoms with Crippen molar-refractivity contribution in [2.24, 2.45) is 0 Å². The fraction of sp³-hybridized carbons (Fsp3) is 0.538. The molecule has 1 aliphatic carbocycles. The number of hydrogen-bond donors (Lipinski definition) is 0. The van der Waals surface area contributed by atoms with E-state index in [0.717, 1.165) is 29.9 Å². The number of fused-ring (bicyclic) bond motifs is 1. The van der Waals surface area contributed by atoms with Crippen LogP contribution in [-0.4, -0.2) is 67.5 Å². The van der Waals surface area contributed by atoms with E-state index >= 15 is 0 Å². The van der Waals surface area contributed by atoms with Crippen LogP contribution in [0.25, 0.3) is 16.6 Å². The molecule has 2 aliphatic rings. The zero-order chi connectivity index (χ0) is 23.8. The molecule has 1 amide bonds. The first-order valence-electron chi connectivity index (χ1n) is 12.5. The molecule has 0 spiro atoms. The number of piperazine rings is 1. The molecular weight excluding hydrogens is 428 g/mol. The fourth-order valence-electron chi connectivity index (χ4n) is 5.66. The second kappa shape index (κ2) is 9.33. The molecule has 1 unspecified atom stereocenters. The van der Waals surface area contributed by atoms with Crippen molar-refractivity contribution in [1.82, 2.24) is 29.4 Å². The molecule has 1 atom stereocenters. The second-order valence-corrected chi connectivity index (χ2v) is 9.72. The number of aryl methyl sites for hydroxylation is 2. The molecular formula is C26H34N6O2. The maximum Gasteiger partial charge on any atom is 0.295 e. The van der Waals surface area contributed by atoms with Gasteiger partial charge in [-0.3, -0.25) is 14.5 Å². The normalized spacial score (nSPS) is 19.0. The van der Waals surface area contributed by atoms with Crippen LogP contribution in [0.15, 0.2) is 35.1 Å². The van der Waals surface area contributed by atoms with Crippen molar-refractivity contribution in [2.45, 2.75) is 65.0 Å². The van der Waals surface area contributed by atoms with Gasteiger partial charge < -0.3 is 4.90 Å². The van der Waals surface area contributed by atoms with Gasteiger partial charge in [-0.15, -0.1) is 0 Å². The quantitative estimate of drug-likeness (QED) is 0.595. The Hall–Kier alpha value is -3.00. The predicted octanol–water partition coefficient (Wildman–Crippen LogP) is 3.24. The van der Waals surface area contributed by atoms with Crippen molar-refractivity contribution in [3.8, 4) is 5.69 Å². The third-order valence-electron chi connectivity index (χ3n) is 7.59. The highest BCUT2D eigenvalue weighted by Gasteiger charge is 2.31. The lowest BCUT2D eigenvalue weighted by Crippen LogP contribution is -2.53. The van der Waals surface area contributed by atoms with Crippen molar-refractivity contribution in [3.05, 3.63) is 52.1 Å². The van der Waals surface area contributed by atoms with Gasteiger partial charge in [0.2, 0.25) is 5.91 Å². The lowest BCUT2D eigenvalue weighted by molar-refractivity contribution is -0.136. The summed E-state index contributed by atoms with van der Waals surface area (Å²) in [6.45, 7) is 8.82. The maximum atomic E-state index is 13.4. The Balaban J connectivity index is 1.38. The van der Waals surface area contributed by atoms with Crippen LogP contribution in [0.4, 0.5) is 0 Å². The van der Waals surface area contributed by atoms with Crippen LogP contribution in [0.1, 0.15) is 56.5 Å². The van der Waals surface area contributed by atoms with Crippen molar-refractivity contribution in [3.63, 3.8) is 0 Å². The molecule has 5 rings (SSSR count). The molecule has 3 aromatic rings. The first kappa shape index (κ1) is 22.8. The molecule has 2 fully saturated rings. The van der Waals surface area contributed by atoms with Crippen LogP contribution in [0.2, 0.25) is 0 Å². The third-order valence-corrected chi connectivity index (χ3v) is 7.59. The summed E-state index contributed by atoms with van der Waals surface area (Å²) in [5.41, 5.74) is 2.50. The first-order chi connectivity index (χ1) is 16.5. The van der Waals surface area contributed by atoms with Crippen molar-refractivity contribution in [2.75, 3.05) is 26.2 Å². The molecule has 180 valence electrons. The second-order valence-electron chi connectivity index (χ2n) is 9.72. The summed E-state index contributed by atoms with van der Waals surface area (Å²) >= 11 is 0. The predicted molar refractivity (Wildman–Crippen MR) is 132 cm³/mol. The molecule has 0 bridgehead atoms. The number of benzene rings is 1. The SMILES string of the molecule is Cc1nn(C(C)C(=O)N2CCN(C3CCCCC3)CC2)c(=O)c2nn(-c3ccccc3)c(C)c12. The van der Waals surface area contributed by atoms with Gasteiger partial charge in [0.1, 0.15) is 6.04 Å². The minimum Gasteiger partial charge on any atom is -0.338 e. The van der Waals surface area contributed by atoms with E-state index in [1.54, 1.807) is 11.6 Å². The number of rotatable bonds is 4. The van der Waals surface area contributed by atoms with Gasteiger partial charge in [0.05, 0.1) is 22.5 Å². The average molecular weight is 463 g/mol. The summed E-state index contributed by atoms with van der Waals surface area (Å²) in [7, 11) is 0. The minimum atomic E-state index is -0.668. The van der Waals surface area contributed by atoms with Gasteiger partial charge in [-0.2, -0.15) is 10.2 Å². The molecule has 2 aromatic heterocycles. The summed E-state index contributed by atoms with van der Waals surface area (Å²) in [6, 6.07) is 9.75. The number of amides is 1. The van der Waals surface area contributed by atoms with Gasteiger partial charge in [-0.25, -0.2) is 9.36 Å². The van der Waals surface area contributed by atoms with Crippen molar-refractivity contribution in [1.29, 1.82) is 0 Å². The number of carbonyl (C=O) groups excluding carboxylic acids is 1. The monoisotopic (exact) mass is 462 g/mol. The van der Waals surface area contributed by atoms with E-state index in [9.17, 15) is 9.59 Å². The van der Waals surface area contributed by atoms with Gasteiger partial charge in [0.15, 0.2) is 5.52 Å². The third kappa shape index (κ3) is 4.04. The van der Waals surface area contributed by atoms with Crippen LogP contribution < -0.4 is 5.56 Å². The molecule has 1 aromatic carbocycles. The Morgan fingerprint density at radius 3 is 2.32 bits per heavy atom. The highest BCUT2D eigenvalue weighted by Crippen LogP contribution is 2.25. The molecule has 1 saturated heterocycles. The Bertz CT molecular complexity index is 1230. The largest absolute Gasteiger partial charge is 0.338 e. The average Bonchev–Trinajstić information content (AvgIpc) is 3.24. The topological polar surface area (TPSA) is 76.3 Å². The molecule has 8 heteroatoms. The maximum absolute atomic E-state index is 13.4. The highest BCUT2D eigenvalue weighted by atomic mass is 16.2. The molecule has 0 N–H and O–H groups in total. The number of para-hydroxylation sites is 1. The summed E-state index contributed by atoms with van der Waals surface area (Å²) in [6.07, 6.45) is 6.53. The van der Waals surface area contributed by atoms with Crippen LogP contribution >= 0.6 is 0 Å². The zero-order valence-electron chi connectivity index (χ0n) is 20.4. The Labute approximate surface area is 200 Å². The standard InChI is InChI=1S/C26H34N6O2/c1-18-23-19(2)31(22-12-8-5-9-13-22)28-24(23)26(34)32(27-18)20(3)25(33)30-16-14-29(15-17-30)21-10-6-4-7-11-21/h5,8-9,12-13,20-21H,4,6-7,10-11,14-17H2,1-3H3. The first-order valence-corrected chi connectivity index (χ1v) is 12.5. The summed E-state index contributed by atoms with van der Waals surface area (Å²) in [5, 5.41) is 9.95. The van der Waals surface area contributed by atoms with Gasteiger partial charge in [0, 0.05) is 32.2 Å². The van der Waals surface area contributed by atoms with E-state index in [-0.39, 0.29) is 11.5 Å². The van der Waals surface area contributed by atoms with E-state index in [1.165, 1.54) is 36.8 Å². The van der Waals surface area contributed by atoms with Crippen molar-refractivity contribution >= 4 is 16.8 Å². The zero-order valence-corrected chi connectivity index (χ0v) is 20.4. The molecule has 1 aliphatic heterocycles. The molecule has 0 radical (unpaired) electrons. The van der Waals surface area contributed by atoms with Gasteiger partial charge in [-0.1, -0.05) is 37.5 Å². The van der Waals surface area contributed by atoms with Crippen LogP contribution in [-0.2, 0) is 4.79 Å². The van der Waals surface area contributed by atoms with E-state index in [4.69, 9.17) is 0 Å². The lowest BCUT2D eigenvalue weighted by atomic mass is 9.94. The minimum absolute atomic E-state index is 0.0455. The van der Waals surface area contributed by atoms with Crippen LogP contribution in [0.3, 0.4) is 0 Å². The van der Waals surface area contributed by atoms with Gasteiger partial charge in [0.25, 0.3) is 5.56 Å². The van der Waals surface area contributed by atoms with E-state index < -0.39 is 6.04 Å². The summed E-state index contributed by atoms with van der Waals surface area (Å²) in [4.78, 5) is 31.2. The molecule has 3 heterocycles. The molecule has 8 nitrogen and oxygen atoms in total. The highest BCUT2D eigenvalue weighted by molar-refractivity contribution is 5.84. The van der Waals surface area contributed by atoms with Crippen LogP contribution in [0, 0.1) is 13.8 Å². The number of nitrogens with zero attached hydrogens (tertiary/aromatic N) is 6. The van der Waals surface area contributed by atoms with Gasteiger partial charge >= 0.3 is 0 Å². The van der Waals surface area contributed by atoms with Crippen LogP contribution in [0.5, 0.6) is 0 Å². The molecule has 1 saturated carbocycles.